The molecule has 1 atom stereocenters. The van der Waals surface area contributed by atoms with Gasteiger partial charge in [-0.1, -0.05) is 28.1 Å². The summed E-state index contributed by atoms with van der Waals surface area (Å²) in [4.78, 5) is 27.8. The molecule has 11 heteroatoms. The number of anilines is 1. The summed E-state index contributed by atoms with van der Waals surface area (Å²) in [6.07, 6.45) is 0. The van der Waals surface area contributed by atoms with Gasteiger partial charge in [0, 0.05) is 17.6 Å². The van der Waals surface area contributed by atoms with E-state index in [4.69, 9.17) is 4.74 Å². The van der Waals surface area contributed by atoms with Crippen LogP contribution in [0, 0.1) is 5.82 Å². The normalized spacial score (nSPS) is 11.9. The monoisotopic (exact) mass is 619 g/mol. The molecular formula is C28H31BrFN3O5S. The quantitative estimate of drug-likeness (QED) is 0.316. The number of nitrogens with one attached hydrogen (secondary N) is 1. The first-order valence-corrected chi connectivity index (χ1v) is 14.6. The summed E-state index contributed by atoms with van der Waals surface area (Å²) in [5.41, 5.74) is 0.860. The molecule has 0 fully saturated rings. The molecule has 3 rings (SSSR count). The summed E-state index contributed by atoms with van der Waals surface area (Å²) >= 11 is 3.38. The predicted octanol–water partition coefficient (Wildman–Crippen LogP) is 4.74. The van der Waals surface area contributed by atoms with Crippen LogP contribution in [0.25, 0.3) is 0 Å². The molecule has 0 saturated heterocycles. The third kappa shape index (κ3) is 7.79. The number of amides is 2. The SMILES string of the molecule is CCNC(=O)[C@@H](C)N(Cc1ccc(Br)cc1)C(=O)CN(c1ccc(F)cc1)S(=O)(=O)c1ccc(OCC)cc1. The Labute approximate surface area is 236 Å². The first-order chi connectivity index (χ1) is 18.6. The number of hydrogen-bond donors (Lipinski definition) is 1. The fourth-order valence-electron chi connectivity index (χ4n) is 3.83. The van der Waals surface area contributed by atoms with Crippen molar-refractivity contribution in [3.8, 4) is 5.75 Å². The largest absolute Gasteiger partial charge is 0.494 e. The number of rotatable bonds is 12. The summed E-state index contributed by atoms with van der Waals surface area (Å²) in [5.74, 6) is -1.02. The second-order valence-electron chi connectivity index (χ2n) is 8.61. The van der Waals surface area contributed by atoms with E-state index in [1.807, 2.05) is 31.2 Å². The fraction of sp³-hybridized carbons (Fsp3) is 0.286. The number of ether oxygens (including phenoxy) is 1. The van der Waals surface area contributed by atoms with Crippen LogP contribution in [-0.4, -0.2) is 50.9 Å². The van der Waals surface area contributed by atoms with Gasteiger partial charge in [-0.3, -0.25) is 13.9 Å². The fourth-order valence-corrected chi connectivity index (χ4v) is 5.51. The number of nitrogens with zero attached hydrogens (tertiary/aromatic N) is 2. The number of carbonyl (C=O) groups excluding carboxylic acids is 2. The Hall–Kier alpha value is -3.44. The lowest BCUT2D eigenvalue weighted by atomic mass is 10.1. The second kappa shape index (κ2) is 13.6. The molecule has 8 nitrogen and oxygen atoms in total. The third-order valence-corrected chi connectivity index (χ3v) is 8.22. The number of hydrogen-bond acceptors (Lipinski definition) is 5. The van der Waals surface area contributed by atoms with E-state index in [1.54, 1.807) is 13.8 Å². The van der Waals surface area contributed by atoms with Crippen molar-refractivity contribution in [1.82, 2.24) is 10.2 Å². The van der Waals surface area contributed by atoms with Gasteiger partial charge in [0.25, 0.3) is 10.0 Å². The zero-order chi connectivity index (χ0) is 28.6. The summed E-state index contributed by atoms with van der Waals surface area (Å²) in [6.45, 7) is 5.42. The highest BCUT2D eigenvalue weighted by molar-refractivity contribution is 9.10. The number of halogens is 2. The Morgan fingerprint density at radius 3 is 2.15 bits per heavy atom. The van der Waals surface area contributed by atoms with Gasteiger partial charge in [-0.25, -0.2) is 12.8 Å². The van der Waals surface area contributed by atoms with E-state index in [0.29, 0.717) is 18.9 Å². The molecule has 0 saturated carbocycles. The minimum absolute atomic E-state index is 0.0701. The molecule has 0 bridgehead atoms. The van der Waals surface area contributed by atoms with Gasteiger partial charge in [0.15, 0.2) is 0 Å². The van der Waals surface area contributed by atoms with E-state index in [2.05, 4.69) is 21.2 Å². The lowest BCUT2D eigenvalue weighted by Gasteiger charge is -2.32. The van der Waals surface area contributed by atoms with Gasteiger partial charge in [0.2, 0.25) is 11.8 Å². The Balaban J connectivity index is 2.00. The van der Waals surface area contributed by atoms with Crippen LogP contribution >= 0.6 is 15.9 Å². The molecular weight excluding hydrogens is 589 g/mol. The van der Waals surface area contributed by atoms with Gasteiger partial charge in [-0.05, 0) is 87.0 Å². The molecule has 0 aliphatic rings. The van der Waals surface area contributed by atoms with Crippen LogP contribution < -0.4 is 14.4 Å². The topological polar surface area (TPSA) is 96.0 Å². The molecule has 2 amide bonds. The van der Waals surface area contributed by atoms with Crippen molar-refractivity contribution in [3.63, 3.8) is 0 Å². The van der Waals surface area contributed by atoms with Gasteiger partial charge < -0.3 is 15.0 Å². The van der Waals surface area contributed by atoms with E-state index in [-0.39, 0.29) is 23.0 Å². The van der Waals surface area contributed by atoms with Crippen LogP contribution in [0.15, 0.2) is 82.2 Å². The number of benzene rings is 3. The van der Waals surface area contributed by atoms with E-state index in [0.717, 1.165) is 26.5 Å². The lowest BCUT2D eigenvalue weighted by Crippen LogP contribution is -2.51. The average molecular weight is 621 g/mol. The minimum atomic E-state index is -4.26. The standard InChI is InChI=1S/C28H31BrFN3O5S/c1-4-31-28(35)20(3)32(18-21-6-8-22(29)9-7-21)27(34)19-33(24-12-10-23(30)11-13-24)39(36,37)26-16-14-25(15-17-26)38-5-2/h6-17,20H,4-5,18-19H2,1-3H3,(H,31,35)/t20-/m1/s1. The first-order valence-electron chi connectivity index (χ1n) is 12.4. The Morgan fingerprint density at radius 1 is 0.974 bits per heavy atom. The predicted molar refractivity (Wildman–Crippen MR) is 151 cm³/mol. The summed E-state index contributed by atoms with van der Waals surface area (Å²) in [5, 5.41) is 2.71. The molecule has 39 heavy (non-hydrogen) atoms. The summed E-state index contributed by atoms with van der Waals surface area (Å²) < 4.78 is 48.5. The van der Waals surface area contributed by atoms with Crippen LogP contribution in [0.1, 0.15) is 26.3 Å². The zero-order valence-electron chi connectivity index (χ0n) is 21.9. The van der Waals surface area contributed by atoms with Crippen LogP contribution in [0.3, 0.4) is 0 Å². The van der Waals surface area contributed by atoms with Crippen molar-refractivity contribution >= 4 is 43.5 Å². The zero-order valence-corrected chi connectivity index (χ0v) is 24.3. The van der Waals surface area contributed by atoms with E-state index < -0.39 is 34.3 Å². The molecule has 0 aliphatic carbocycles. The lowest BCUT2D eigenvalue weighted by molar-refractivity contribution is -0.139. The van der Waals surface area contributed by atoms with Crippen LogP contribution in [0.4, 0.5) is 10.1 Å². The third-order valence-electron chi connectivity index (χ3n) is 5.90. The van der Waals surface area contributed by atoms with Crippen molar-refractivity contribution in [1.29, 1.82) is 0 Å². The molecule has 208 valence electrons. The van der Waals surface area contributed by atoms with E-state index in [1.165, 1.54) is 41.3 Å². The first kappa shape index (κ1) is 30.1. The summed E-state index contributed by atoms with van der Waals surface area (Å²) in [6, 6.07) is 17.0. The average Bonchev–Trinajstić information content (AvgIpc) is 2.92. The Bertz CT molecular complexity index is 1370. The maximum Gasteiger partial charge on any atom is 0.264 e. The summed E-state index contributed by atoms with van der Waals surface area (Å²) in [7, 11) is -4.26. The molecule has 3 aromatic rings. The minimum Gasteiger partial charge on any atom is -0.494 e. The van der Waals surface area contributed by atoms with Crippen molar-refractivity contribution in [2.75, 3.05) is 24.0 Å². The molecule has 0 aliphatic heterocycles. The Kier molecular flexibility index (Phi) is 10.5. The molecule has 3 aromatic carbocycles. The smallest absolute Gasteiger partial charge is 0.264 e. The van der Waals surface area contributed by atoms with Gasteiger partial charge >= 0.3 is 0 Å². The van der Waals surface area contributed by atoms with Crippen molar-refractivity contribution < 1.29 is 27.1 Å². The van der Waals surface area contributed by atoms with Gasteiger partial charge in [-0.2, -0.15) is 0 Å². The number of sulfonamides is 1. The highest BCUT2D eigenvalue weighted by Gasteiger charge is 2.32. The molecule has 0 heterocycles. The molecule has 0 unspecified atom stereocenters. The van der Waals surface area contributed by atoms with Crippen LogP contribution in [0.5, 0.6) is 5.75 Å². The van der Waals surface area contributed by atoms with E-state index in [9.17, 15) is 22.4 Å². The van der Waals surface area contributed by atoms with Crippen molar-refractivity contribution in [2.24, 2.45) is 0 Å². The number of carbonyl (C=O) groups is 2. The maximum absolute atomic E-state index is 13.8. The van der Waals surface area contributed by atoms with Gasteiger partial charge in [0.05, 0.1) is 17.2 Å². The van der Waals surface area contributed by atoms with Crippen molar-refractivity contribution in [2.45, 2.75) is 38.3 Å². The van der Waals surface area contributed by atoms with Gasteiger partial charge in [0.1, 0.15) is 24.2 Å². The second-order valence-corrected chi connectivity index (χ2v) is 11.4. The highest BCUT2D eigenvalue weighted by atomic mass is 79.9. The van der Waals surface area contributed by atoms with Gasteiger partial charge in [-0.15, -0.1) is 0 Å². The van der Waals surface area contributed by atoms with Crippen LogP contribution in [-0.2, 0) is 26.2 Å². The molecule has 0 radical (unpaired) electrons. The molecule has 0 spiro atoms. The maximum atomic E-state index is 13.8. The van der Waals surface area contributed by atoms with Crippen LogP contribution in [0.2, 0.25) is 0 Å². The van der Waals surface area contributed by atoms with Crippen molar-refractivity contribution in [3.05, 3.63) is 88.6 Å². The Morgan fingerprint density at radius 2 is 1.59 bits per heavy atom. The highest BCUT2D eigenvalue weighted by Crippen LogP contribution is 2.26. The number of likely N-dealkylation sites (N-methyl/N-ethyl adjacent to an activating group) is 1. The van der Waals surface area contributed by atoms with E-state index >= 15 is 0 Å². The molecule has 0 aromatic heterocycles. The molecule has 1 N–H and O–H groups in total.